The number of rotatable bonds is 8. The van der Waals surface area contributed by atoms with Gasteiger partial charge >= 0.3 is 0 Å². The average Bonchev–Trinajstić information content (AvgIpc) is 3.09. The van der Waals surface area contributed by atoms with E-state index in [0.29, 0.717) is 5.92 Å². The molecule has 2 N–H and O–H groups in total. The van der Waals surface area contributed by atoms with Crippen molar-refractivity contribution in [3.05, 3.63) is 53.2 Å². The number of benzene rings is 1. The number of hydrogen-bond donors (Lipinski definition) is 2. The lowest BCUT2D eigenvalue weighted by molar-refractivity contribution is 0.164. The smallest absolute Gasteiger partial charge is 0.208 e. The highest BCUT2D eigenvalue weighted by atomic mass is 16.4. The van der Waals surface area contributed by atoms with Crippen molar-refractivity contribution in [2.24, 2.45) is 10.9 Å². The monoisotopic (exact) mass is 437 g/mol. The zero-order chi connectivity index (χ0) is 22.4. The highest BCUT2D eigenvalue weighted by molar-refractivity contribution is 5.79. The maximum atomic E-state index is 5.76. The Kier molecular flexibility index (Phi) is 7.51. The third-order valence-corrected chi connectivity index (χ3v) is 7.28. The van der Waals surface area contributed by atoms with Crippen LogP contribution in [-0.2, 0) is 12.0 Å². The standard InChI is InChI=1S/C26H39N5O/c1-4-27-25(29-19-26(13-8-14-26)23-9-6-5-7-10-23)28-17-22-11-15-31(16-12-22)18-24-30-20(2)21(3)32-24/h5-7,9-10,22H,4,8,11-19H2,1-3H3,(H2,27,28,29). The van der Waals surface area contributed by atoms with Crippen LogP contribution in [0.1, 0.15) is 61.9 Å². The fourth-order valence-electron chi connectivity index (χ4n) is 4.89. The summed E-state index contributed by atoms with van der Waals surface area (Å²) in [6.07, 6.45) is 6.17. The number of aryl methyl sites for hydroxylation is 2. The fraction of sp³-hybridized carbons (Fsp3) is 0.615. The molecule has 2 aromatic rings. The number of likely N-dealkylation sites (tertiary alicyclic amines) is 1. The van der Waals surface area contributed by atoms with Gasteiger partial charge in [0, 0.05) is 18.5 Å². The van der Waals surface area contributed by atoms with Gasteiger partial charge in [-0.2, -0.15) is 0 Å². The van der Waals surface area contributed by atoms with Gasteiger partial charge in [-0.05, 0) is 71.0 Å². The molecular weight excluding hydrogens is 398 g/mol. The number of oxazole rings is 1. The molecule has 1 aliphatic carbocycles. The van der Waals surface area contributed by atoms with Crippen LogP contribution >= 0.6 is 0 Å². The average molecular weight is 438 g/mol. The van der Waals surface area contributed by atoms with Crippen LogP contribution in [0.2, 0.25) is 0 Å². The van der Waals surface area contributed by atoms with E-state index in [0.717, 1.165) is 62.6 Å². The summed E-state index contributed by atoms with van der Waals surface area (Å²) in [6, 6.07) is 10.9. The number of hydrogen-bond acceptors (Lipinski definition) is 4. The van der Waals surface area contributed by atoms with Gasteiger partial charge in [-0.25, -0.2) is 4.98 Å². The third-order valence-electron chi connectivity index (χ3n) is 7.28. The van der Waals surface area contributed by atoms with Gasteiger partial charge in [-0.3, -0.25) is 9.89 Å². The predicted octanol–water partition coefficient (Wildman–Crippen LogP) is 4.18. The first-order valence-electron chi connectivity index (χ1n) is 12.3. The summed E-state index contributed by atoms with van der Waals surface area (Å²) >= 11 is 0. The van der Waals surface area contributed by atoms with E-state index in [2.05, 4.69) is 57.8 Å². The Labute approximate surface area is 192 Å². The Morgan fingerprint density at radius 1 is 1.16 bits per heavy atom. The molecule has 6 heteroatoms. The highest BCUT2D eigenvalue weighted by Gasteiger charge is 2.38. The molecule has 4 rings (SSSR count). The lowest BCUT2D eigenvalue weighted by atomic mass is 9.64. The van der Waals surface area contributed by atoms with Crippen molar-refractivity contribution in [1.29, 1.82) is 0 Å². The van der Waals surface area contributed by atoms with Gasteiger partial charge in [0.15, 0.2) is 5.96 Å². The molecule has 2 heterocycles. The Balaban J connectivity index is 1.26. The van der Waals surface area contributed by atoms with E-state index < -0.39 is 0 Å². The topological polar surface area (TPSA) is 65.7 Å². The Bertz CT molecular complexity index is 859. The number of piperidine rings is 1. The van der Waals surface area contributed by atoms with Crippen LogP contribution in [-0.4, -0.2) is 48.6 Å². The minimum absolute atomic E-state index is 0.228. The first-order valence-corrected chi connectivity index (χ1v) is 12.3. The maximum Gasteiger partial charge on any atom is 0.208 e. The van der Waals surface area contributed by atoms with Crippen molar-refractivity contribution in [2.75, 3.05) is 32.7 Å². The van der Waals surface area contributed by atoms with Crippen molar-refractivity contribution >= 4 is 5.96 Å². The third kappa shape index (κ3) is 5.52. The summed E-state index contributed by atoms with van der Waals surface area (Å²) in [5.74, 6) is 3.42. The van der Waals surface area contributed by atoms with E-state index in [4.69, 9.17) is 9.41 Å². The molecule has 174 valence electrons. The normalized spacial score (nSPS) is 19.5. The zero-order valence-electron chi connectivity index (χ0n) is 20.0. The van der Waals surface area contributed by atoms with Crippen LogP contribution in [0.15, 0.2) is 39.7 Å². The first-order chi connectivity index (χ1) is 15.6. The number of aromatic nitrogens is 1. The van der Waals surface area contributed by atoms with Crippen molar-refractivity contribution in [1.82, 2.24) is 20.5 Å². The largest absolute Gasteiger partial charge is 0.444 e. The van der Waals surface area contributed by atoms with Crippen LogP contribution in [0.4, 0.5) is 0 Å². The summed E-state index contributed by atoms with van der Waals surface area (Å²) in [4.78, 5) is 12.0. The zero-order valence-corrected chi connectivity index (χ0v) is 20.0. The lowest BCUT2D eigenvalue weighted by Crippen LogP contribution is -2.44. The summed E-state index contributed by atoms with van der Waals surface area (Å²) < 4.78 is 5.76. The summed E-state index contributed by atoms with van der Waals surface area (Å²) in [7, 11) is 0. The number of nitrogens with one attached hydrogen (secondary N) is 2. The lowest BCUT2D eigenvalue weighted by Gasteiger charge is -2.41. The molecule has 0 spiro atoms. The van der Waals surface area contributed by atoms with Gasteiger partial charge in [0.2, 0.25) is 5.89 Å². The molecule has 0 bridgehead atoms. The van der Waals surface area contributed by atoms with E-state index in [-0.39, 0.29) is 5.41 Å². The molecule has 0 radical (unpaired) electrons. The molecule has 6 nitrogen and oxygen atoms in total. The molecule has 1 aliphatic heterocycles. The molecule has 0 atom stereocenters. The van der Waals surface area contributed by atoms with Crippen LogP contribution in [0, 0.1) is 19.8 Å². The van der Waals surface area contributed by atoms with Gasteiger partial charge in [-0.15, -0.1) is 0 Å². The maximum absolute atomic E-state index is 5.76. The molecule has 1 saturated heterocycles. The van der Waals surface area contributed by atoms with Crippen molar-refractivity contribution < 1.29 is 4.42 Å². The number of guanidine groups is 1. The number of nitrogens with zero attached hydrogens (tertiary/aromatic N) is 3. The molecule has 2 aliphatic rings. The highest BCUT2D eigenvalue weighted by Crippen LogP contribution is 2.43. The Morgan fingerprint density at radius 2 is 1.91 bits per heavy atom. The van der Waals surface area contributed by atoms with E-state index in [1.807, 2.05) is 13.8 Å². The van der Waals surface area contributed by atoms with Gasteiger partial charge in [0.05, 0.1) is 18.8 Å². The van der Waals surface area contributed by atoms with E-state index >= 15 is 0 Å². The van der Waals surface area contributed by atoms with Crippen molar-refractivity contribution in [2.45, 2.75) is 64.8 Å². The van der Waals surface area contributed by atoms with Crippen LogP contribution in [0.5, 0.6) is 0 Å². The Hall–Kier alpha value is -2.34. The van der Waals surface area contributed by atoms with Gasteiger partial charge in [0.1, 0.15) is 5.76 Å². The van der Waals surface area contributed by atoms with E-state index in [9.17, 15) is 0 Å². The summed E-state index contributed by atoms with van der Waals surface area (Å²) in [5, 5.41) is 7.08. The molecule has 2 fully saturated rings. The van der Waals surface area contributed by atoms with Crippen LogP contribution in [0.25, 0.3) is 0 Å². The summed E-state index contributed by atoms with van der Waals surface area (Å²) in [6.45, 7) is 11.9. The molecule has 0 unspecified atom stereocenters. The van der Waals surface area contributed by atoms with Gasteiger partial charge < -0.3 is 15.1 Å². The van der Waals surface area contributed by atoms with Gasteiger partial charge in [0.25, 0.3) is 0 Å². The minimum Gasteiger partial charge on any atom is -0.444 e. The minimum atomic E-state index is 0.228. The fourth-order valence-corrected chi connectivity index (χ4v) is 4.89. The SMILES string of the molecule is CCNC(=NCC1(c2ccccc2)CCC1)NCC1CCN(Cc2nc(C)c(C)o2)CC1. The Morgan fingerprint density at radius 3 is 2.50 bits per heavy atom. The molecule has 1 aromatic heterocycles. The second kappa shape index (κ2) is 10.5. The molecular formula is C26H39N5O. The van der Waals surface area contributed by atoms with Crippen molar-refractivity contribution in [3.8, 4) is 0 Å². The number of aliphatic imine (C=N–C) groups is 1. The molecule has 32 heavy (non-hydrogen) atoms. The van der Waals surface area contributed by atoms with Crippen LogP contribution in [0.3, 0.4) is 0 Å². The quantitative estimate of drug-likeness (QED) is 0.479. The van der Waals surface area contributed by atoms with Crippen molar-refractivity contribution in [3.63, 3.8) is 0 Å². The second-order valence-corrected chi connectivity index (χ2v) is 9.54. The van der Waals surface area contributed by atoms with Gasteiger partial charge in [-0.1, -0.05) is 36.8 Å². The predicted molar refractivity (Wildman–Crippen MR) is 130 cm³/mol. The van der Waals surface area contributed by atoms with E-state index in [1.54, 1.807) is 0 Å². The molecule has 0 amide bonds. The second-order valence-electron chi connectivity index (χ2n) is 9.54. The molecule has 1 aromatic carbocycles. The van der Waals surface area contributed by atoms with Crippen LogP contribution < -0.4 is 10.6 Å². The summed E-state index contributed by atoms with van der Waals surface area (Å²) in [5.41, 5.74) is 2.67. The molecule has 1 saturated carbocycles. The first kappa shape index (κ1) is 22.8. The van der Waals surface area contributed by atoms with E-state index in [1.165, 1.54) is 37.7 Å².